The molecular weight excluding hydrogens is 494 g/mol. The number of anilines is 1. The van der Waals surface area contributed by atoms with Crippen molar-refractivity contribution in [2.45, 2.75) is 0 Å². The Morgan fingerprint density at radius 2 is 1.85 bits per heavy atom. The highest BCUT2D eigenvalue weighted by Crippen LogP contribution is 2.32. The Hall–Kier alpha value is -3.53. The van der Waals surface area contributed by atoms with Crippen LogP contribution in [0.4, 0.5) is 10.1 Å². The molecule has 166 valence electrons. The molecule has 2 N–H and O–H groups in total. The van der Waals surface area contributed by atoms with E-state index < -0.39 is 23.6 Å². The van der Waals surface area contributed by atoms with E-state index in [-0.39, 0.29) is 43.5 Å². The minimum atomic E-state index is -1.14. The summed E-state index contributed by atoms with van der Waals surface area (Å²) in [5.41, 5.74) is 0.203. The monoisotopic (exact) mass is 504 g/mol. The van der Waals surface area contributed by atoms with E-state index in [1.54, 1.807) is 0 Å². The smallest absolute Gasteiger partial charge is 0.335 e. The predicted octanol–water partition coefficient (Wildman–Crippen LogP) is 4.92. The van der Waals surface area contributed by atoms with Crippen LogP contribution in [0.5, 0.6) is 0 Å². The predicted molar refractivity (Wildman–Crippen MR) is 124 cm³/mol. The summed E-state index contributed by atoms with van der Waals surface area (Å²) in [7, 11) is 0. The van der Waals surface area contributed by atoms with E-state index in [0.717, 1.165) is 11.0 Å². The maximum Gasteiger partial charge on any atom is 0.335 e. The van der Waals surface area contributed by atoms with Crippen LogP contribution in [0.2, 0.25) is 10.0 Å². The van der Waals surface area contributed by atoms with Crippen molar-refractivity contribution in [2.24, 2.45) is 0 Å². The van der Waals surface area contributed by atoms with Gasteiger partial charge in [-0.3, -0.25) is 19.8 Å². The molecule has 0 aliphatic carbocycles. The molecule has 1 saturated heterocycles. The molecule has 4 rings (SSSR count). The Kier molecular flexibility index (Phi) is 6.03. The number of amides is 2. The number of carbonyl (C=O) groups is 3. The van der Waals surface area contributed by atoms with Crippen molar-refractivity contribution in [2.75, 3.05) is 4.90 Å². The lowest BCUT2D eigenvalue weighted by atomic mass is 10.1. The van der Waals surface area contributed by atoms with E-state index in [9.17, 15) is 23.9 Å². The van der Waals surface area contributed by atoms with Gasteiger partial charge in [0.25, 0.3) is 11.8 Å². The highest BCUT2D eigenvalue weighted by atomic mass is 35.5. The van der Waals surface area contributed by atoms with Crippen LogP contribution >= 0.6 is 35.4 Å². The summed E-state index contributed by atoms with van der Waals surface area (Å²) in [5, 5.41) is 11.4. The summed E-state index contributed by atoms with van der Waals surface area (Å²) < 4.78 is 19.2. The maximum atomic E-state index is 13.5. The van der Waals surface area contributed by atoms with Crippen LogP contribution in [0.1, 0.15) is 16.1 Å². The number of benzene rings is 2. The molecule has 0 atom stereocenters. The van der Waals surface area contributed by atoms with E-state index in [4.69, 9.17) is 39.8 Å². The largest absolute Gasteiger partial charge is 0.478 e. The first kappa shape index (κ1) is 22.7. The van der Waals surface area contributed by atoms with Gasteiger partial charge in [-0.1, -0.05) is 23.2 Å². The molecule has 2 amide bonds. The number of nitrogens with one attached hydrogen (secondary N) is 1. The van der Waals surface area contributed by atoms with E-state index in [0.29, 0.717) is 5.56 Å². The number of carbonyl (C=O) groups excluding carboxylic acids is 2. The summed E-state index contributed by atoms with van der Waals surface area (Å²) in [6, 6.07) is 10.7. The van der Waals surface area contributed by atoms with Crippen molar-refractivity contribution in [1.82, 2.24) is 5.32 Å². The maximum absolute atomic E-state index is 13.5. The Bertz CT molecular complexity index is 1380. The highest BCUT2D eigenvalue weighted by Gasteiger charge is 2.35. The summed E-state index contributed by atoms with van der Waals surface area (Å²) in [6.45, 7) is 0. The second kappa shape index (κ2) is 8.78. The number of hydrogen-bond donors (Lipinski definition) is 2. The van der Waals surface area contributed by atoms with Crippen LogP contribution < -0.4 is 10.2 Å². The fourth-order valence-corrected chi connectivity index (χ4v) is 3.75. The molecule has 0 saturated carbocycles. The molecular formula is C22H11Cl2FN2O5S. The zero-order valence-electron chi connectivity index (χ0n) is 16.3. The third kappa shape index (κ3) is 4.38. The van der Waals surface area contributed by atoms with Crippen LogP contribution in [-0.2, 0) is 9.59 Å². The van der Waals surface area contributed by atoms with Gasteiger partial charge in [0.05, 0.1) is 21.3 Å². The van der Waals surface area contributed by atoms with Gasteiger partial charge in [-0.2, -0.15) is 0 Å². The molecule has 7 nitrogen and oxygen atoms in total. The Labute approximate surface area is 201 Å². The number of aromatic carboxylic acids is 1. The SMILES string of the molecule is O=C1NC(=S)N(c2ccc(F)c(Cl)c2)C(=O)/C1=C/c1ccc(-c2cc(C(=O)O)ccc2Cl)o1. The average Bonchev–Trinajstić information content (AvgIpc) is 3.22. The number of nitrogens with zero attached hydrogens (tertiary/aromatic N) is 1. The van der Waals surface area contributed by atoms with Gasteiger partial charge < -0.3 is 9.52 Å². The van der Waals surface area contributed by atoms with Gasteiger partial charge in [-0.15, -0.1) is 0 Å². The van der Waals surface area contributed by atoms with Gasteiger partial charge in [-0.25, -0.2) is 9.18 Å². The Balaban J connectivity index is 1.70. The first-order valence-corrected chi connectivity index (χ1v) is 10.3. The van der Waals surface area contributed by atoms with Crippen LogP contribution in [0.15, 0.2) is 58.5 Å². The minimum absolute atomic E-state index is 0.00894. The Morgan fingerprint density at radius 3 is 2.55 bits per heavy atom. The van der Waals surface area contributed by atoms with Gasteiger partial charge in [0.15, 0.2) is 5.11 Å². The summed E-state index contributed by atoms with van der Waals surface area (Å²) in [6.07, 6.45) is 1.20. The lowest BCUT2D eigenvalue weighted by Gasteiger charge is -2.28. The van der Waals surface area contributed by atoms with Gasteiger partial charge in [-0.05, 0) is 66.8 Å². The number of thiocarbonyl (C=S) groups is 1. The van der Waals surface area contributed by atoms with E-state index in [1.807, 2.05) is 0 Å². The van der Waals surface area contributed by atoms with Crippen molar-refractivity contribution in [3.8, 4) is 11.3 Å². The molecule has 3 aromatic rings. The Morgan fingerprint density at radius 1 is 1.09 bits per heavy atom. The standard InChI is InChI=1S/C22H11Cl2FN2O5S/c23-15-4-1-10(21(30)31)7-13(15)18-6-3-12(32-18)9-14-19(28)26-22(33)27(20(14)29)11-2-5-17(25)16(24)8-11/h1-9H,(H,30,31)(H,26,28,33)/b14-9+. The molecule has 1 aliphatic rings. The number of carboxylic acids is 1. The van der Waals surface area contributed by atoms with Crippen molar-refractivity contribution in [3.05, 3.63) is 81.3 Å². The quantitative estimate of drug-likeness (QED) is 0.297. The van der Waals surface area contributed by atoms with E-state index >= 15 is 0 Å². The van der Waals surface area contributed by atoms with Crippen LogP contribution in [0.3, 0.4) is 0 Å². The third-order valence-electron chi connectivity index (χ3n) is 4.66. The normalized spacial score (nSPS) is 15.2. The van der Waals surface area contributed by atoms with Crippen molar-refractivity contribution >= 4 is 70.1 Å². The van der Waals surface area contributed by atoms with Crippen LogP contribution in [-0.4, -0.2) is 28.0 Å². The molecule has 2 aromatic carbocycles. The second-order valence-electron chi connectivity index (χ2n) is 6.76. The number of carboxylic acid groups (broad SMARTS) is 1. The molecule has 0 radical (unpaired) electrons. The van der Waals surface area contributed by atoms with Gasteiger partial charge >= 0.3 is 5.97 Å². The summed E-state index contributed by atoms with van der Waals surface area (Å²) in [4.78, 5) is 37.7. The molecule has 0 bridgehead atoms. The second-order valence-corrected chi connectivity index (χ2v) is 7.96. The van der Waals surface area contributed by atoms with E-state index in [1.165, 1.54) is 48.5 Å². The number of furan rings is 1. The minimum Gasteiger partial charge on any atom is -0.478 e. The van der Waals surface area contributed by atoms with Crippen molar-refractivity contribution in [3.63, 3.8) is 0 Å². The third-order valence-corrected chi connectivity index (χ3v) is 5.56. The zero-order valence-corrected chi connectivity index (χ0v) is 18.6. The number of halogens is 3. The lowest BCUT2D eigenvalue weighted by Crippen LogP contribution is -2.54. The first-order chi connectivity index (χ1) is 15.7. The van der Waals surface area contributed by atoms with Gasteiger partial charge in [0.1, 0.15) is 22.9 Å². The van der Waals surface area contributed by atoms with Crippen molar-refractivity contribution in [1.29, 1.82) is 0 Å². The highest BCUT2D eigenvalue weighted by molar-refractivity contribution is 7.80. The number of hydrogen-bond acceptors (Lipinski definition) is 5. The zero-order chi connectivity index (χ0) is 23.9. The lowest BCUT2D eigenvalue weighted by molar-refractivity contribution is -0.122. The molecule has 2 heterocycles. The molecule has 0 unspecified atom stereocenters. The number of rotatable bonds is 4. The van der Waals surface area contributed by atoms with E-state index in [2.05, 4.69) is 5.32 Å². The molecule has 0 spiro atoms. The molecule has 1 aromatic heterocycles. The van der Waals surface area contributed by atoms with Gasteiger partial charge in [0, 0.05) is 5.56 Å². The van der Waals surface area contributed by atoms with Crippen LogP contribution in [0, 0.1) is 5.82 Å². The fraction of sp³-hybridized carbons (Fsp3) is 0. The topological polar surface area (TPSA) is 99.9 Å². The molecule has 33 heavy (non-hydrogen) atoms. The first-order valence-electron chi connectivity index (χ1n) is 9.15. The fourth-order valence-electron chi connectivity index (χ4n) is 3.08. The molecule has 1 aliphatic heterocycles. The molecule has 1 fully saturated rings. The average molecular weight is 505 g/mol. The summed E-state index contributed by atoms with van der Waals surface area (Å²) in [5.74, 6) is -2.97. The van der Waals surface area contributed by atoms with Crippen LogP contribution in [0.25, 0.3) is 17.4 Å². The van der Waals surface area contributed by atoms with Gasteiger partial charge in [0.2, 0.25) is 0 Å². The summed E-state index contributed by atoms with van der Waals surface area (Å²) >= 11 is 17.1. The molecule has 11 heteroatoms. The van der Waals surface area contributed by atoms with Crippen molar-refractivity contribution < 1.29 is 28.3 Å².